The fourth-order valence-electron chi connectivity index (χ4n) is 4.11. The van der Waals surface area contributed by atoms with E-state index in [1.54, 1.807) is 0 Å². The summed E-state index contributed by atoms with van der Waals surface area (Å²) in [6.45, 7) is 7.13. The van der Waals surface area contributed by atoms with Gasteiger partial charge in [0, 0.05) is 17.8 Å². The Balaban J connectivity index is 1.49. The molecular weight excluding hydrogens is 358 g/mol. The van der Waals surface area contributed by atoms with Crippen molar-refractivity contribution in [3.8, 4) is 0 Å². The molecule has 0 radical (unpaired) electrons. The molecule has 4 rings (SSSR count). The largest absolute Gasteiger partial charge is 0.385 e. The number of rotatable bonds is 6. The highest BCUT2D eigenvalue weighted by molar-refractivity contribution is 5.97. The predicted molar refractivity (Wildman–Crippen MR) is 120 cm³/mol. The van der Waals surface area contributed by atoms with Crippen LogP contribution in [0.15, 0.2) is 60.7 Å². The van der Waals surface area contributed by atoms with Crippen LogP contribution in [0.2, 0.25) is 0 Å². The van der Waals surface area contributed by atoms with E-state index in [9.17, 15) is 4.79 Å². The zero-order valence-corrected chi connectivity index (χ0v) is 17.2. The third kappa shape index (κ3) is 4.43. The minimum atomic E-state index is -0.0748. The quantitative estimate of drug-likeness (QED) is 0.577. The van der Waals surface area contributed by atoms with Gasteiger partial charge in [-0.3, -0.25) is 4.79 Å². The number of hydrogen-bond acceptors (Lipinski definition) is 3. The molecule has 3 aromatic carbocycles. The van der Waals surface area contributed by atoms with Gasteiger partial charge in [-0.1, -0.05) is 48.5 Å². The number of anilines is 1. The van der Waals surface area contributed by atoms with E-state index in [4.69, 9.17) is 0 Å². The number of aryl methyl sites for hydroxylation is 1. The molecule has 1 unspecified atom stereocenters. The van der Waals surface area contributed by atoms with Gasteiger partial charge >= 0.3 is 0 Å². The number of benzene rings is 3. The van der Waals surface area contributed by atoms with Crippen LogP contribution in [0.3, 0.4) is 0 Å². The molecule has 3 N–H and O–H groups in total. The minimum absolute atomic E-state index is 0.0332. The van der Waals surface area contributed by atoms with Crippen molar-refractivity contribution in [1.82, 2.24) is 10.6 Å². The standard InChI is InChI=1S/C25H29N3O/c1-17-10-11-21(27-16-19-12-13-26-15-19)14-24(17)25(29)28-18(2)22-9-5-7-20-6-3-4-8-23(20)22/h3-11,14,18-19,26-27H,12-13,15-16H2,1-2H3,(H,28,29)/t18-,19?/m1/s1. The summed E-state index contributed by atoms with van der Waals surface area (Å²) in [7, 11) is 0. The number of carbonyl (C=O) groups excluding carboxylic acids is 1. The first kappa shape index (κ1) is 19.5. The van der Waals surface area contributed by atoms with E-state index in [1.165, 1.54) is 17.2 Å². The predicted octanol–water partition coefficient (Wildman–Crippen LogP) is 4.66. The van der Waals surface area contributed by atoms with E-state index in [0.717, 1.165) is 42.0 Å². The van der Waals surface area contributed by atoms with Crippen LogP contribution in [0.5, 0.6) is 0 Å². The summed E-state index contributed by atoms with van der Waals surface area (Å²) >= 11 is 0. The molecule has 2 atom stereocenters. The molecule has 4 nitrogen and oxygen atoms in total. The summed E-state index contributed by atoms with van der Waals surface area (Å²) in [5.74, 6) is 0.620. The maximum absolute atomic E-state index is 13.0. The highest BCUT2D eigenvalue weighted by atomic mass is 16.1. The minimum Gasteiger partial charge on any atom is -0.385 e. The van der Waals surface area contributed by atoms with Crippen LogP contribution in [0, 0.1) is 12.8 Å². The first-order valence-electron chi connectivity index (χ1n) is 10.5. The van der Waals surface area contributed by atoms with Gasteiger partial charge < -0.3 is 16.0 Å². The van der Waals surface area contributed by atoms with Crippen molar-refractivity contribution in [2.45, 2.75) is 26.3 Å². The second-order valence-electron chi connectivity index (χ2n) is 8.03. The van der Waals surface area contributed by atoms with Gasteiger partial charge in [0.15, 0.2) is 0 Å². The number of amides is 1. The molecule has 3 aromatic rings. The molecule has 0 bridgehead atoms. The normalized spacial score (nSPS) is 17.2. The van der Waals surface area contributed by atoms with Crippen molar-refractivity contribution < 1.29 is 4.79 Å². The summed E-state index contributed by atoms with van der Waals surface area (Å²) in [6.07, 6.45) is 1.20. The van der Waals surface area contributed by atoms with Crippen molar-refractivity contribution in [1.29, 1.82) is 0 Å². The smallest absolute Gasteiger partial charge is 0.252 e. The van der Waals surface area contributed by atoms with Gasteiger partial charge in [0.05, 0.1) is 6.04 Å². The van der Waals surface area contributed by atoms with Crippen molar-refractivity contribution >= 4 is 22.4 Å². The second-order valence-corrected chi connectivity index (χ2v) is 8.03. The zero-order valence-electron chi connectivity index (χ0n) is 17.2. The summed E-state index contributed by atoms with van der Waals surface area (Å²) in [4.78, 5) is 13.0. The van der Waals surface area contributed by atoms with E-state index < -0.39 is 0 Å². The lowest BCUT2D eigenvalue weighted by molar-refractivity contribution is 0.0939. The topological polar surface area (TPSA) is 53.2 Å². The summed E-state index contributed by atoms with van der Waals surface area (Å²) < 4.78 is 0. The van der Waals surface area contributed by atoms with Gasteiger partial charge in [-0.2, -0.15) is 0 Å². The molecule has 0 saturated carbocycles. The van der Waals surface area contributed by atoms with Gasteiger partial charge in [0.1, 0.15) is 0 Å². The lowest BCUT2D eigenvalue weighted by Gasteiger charge is -2.18. The van der Waals surface area contributed by atoms with Crippen LogP contribution in [-0.2, 0) is 0 Å². The van der Waals surface area contributed by atoms with Crippen LogP contribution in [0.4, 0.5) is 5.69 Å². The van der Waals surface area contributed by atoms with Gasteiger partial charge in [0.25, 0.3) is 5.91 Å². The van der Waals surface area contributed by atoms with Crippen LogP contribution in [0.1, 0.15) is 40.9 Å². The summed E-state index contributed by atoms with van der Waals surface area (Å²) in [6, 6.07) is 20.5. The lowest BCUT2D eigenvalue weighted by atomic mass is 9.99. The average molecular weight is 388 g/mol. The van der Waals surface area contributed by atoms with Crippen molar-refractivity contribution in [3.05, 3.63) is 77.4 Å². The first-order chi connectivity index (χ1) is 14.1. The van der Waals surface area contributed by atoms with Gasteiger partial charge in [-0.25, -0.2) is 0 Å². The zero-order chi connectivity index (χ0) is 20.2. The molecule has 1 amide bonds. The van der Waals surface area contributed by atoms with Gasteiger partial charge in [-0.15, -0.1) is 0 Å². The molecule has 150 valence electrons. The SMILES string of the molecule is Cc1ccc(NCC2CCNC2)cc1C(=O)N[C@H](C)c1cccc2ccccc12. The molecule has 29 heavy (non-hydrogen) atoms. The Labute approximate surface area is 172 Å². The van der Waals surface area contributed by atoms with E-state index >= 15 is 0 Å². The van der Waals surface area contributed by atoms with Crippen molar-refractivity contribution in [2.24, 2.45) is 5.92 Å². The van der Waals surface area contributed by atoms with E-state index in [0.29, 0.717) is 5.92 Å². The fourth-order valence-corrected chi connectivity index (χ4v) is 4.11. The van der Waals surface area contributed by atoms with Crippen LogP contribution >= 0.6 is 0 Å². The fraction of sp³-hybridized carbons (Fsp3) is 0.320. The molecular formula is C25H29N3O. The van der Waals surface area contributed by atoms with Gasteiger partial charge in [-0.05, 0) is 73.3 Å². The molecule has 1 aliphatic rings. The molecule has 0 aliphatic carbocycles. The average Bonchev–Trinajstić information content (AvgIpc) is 3.26. The Morgan fingerprint density at radius 3 is 2.79 bits per heavy atom. The maximum Gasteiger partial charge on any atom is 0.252 e. The Morgan fingerprint density at radius 2 is 1.97 bits per heavy atom. The highest BCUT2D eigenvalue weighted by Gasteiger charge is 2.17. The van der Waals surface area contributed by atoms with Crippen molar-refractivity contribution in [2.75, 3.05) is 25.0 Å². The summed E-state index contributed by atoms with van der Waals surface area (Å²) in [5.41, 5.74) is 3.86. The Hall–Kier alpha value is -2.85. The van der Waals surface area contributed by atoms with Crippen LogP contribution in [0.25, 0.3) is 10.8 Å². The third-order valence-corrected chi connectivity index (χ3v) is 5.88. The van der Waals surface area contributed by atoms with E-state index in [1.807, 2.05) is 44.2 Å². The Bertz CT molecular complexity index is 1000. The number of fused-ring (bicyclic) bond motifs is 1. The van der Waals surface area contributed by atoms with Gasteiger partial charge in [0.2, 0.25) is 0 Å². The number of hydrogen-bond donors (Lipinski definition) is 3. The molecule has 0 aromatic heterocycles. The van der Waals surface area contributed by atoms with Crippen LogP contribution in [-0.4, -0.2) is 25.5 Å². The highest BCUT2D eigenvalue weighted by Crippen LogP contribution is 2.25. The van der Waals surface area contributed by atoms with E-state index in [2.05, 4.69) is 46.3 Å². The van der Waals surface area contributed by atoms with Crippen molar-refractivity contribution in [3.63, 3.8) is 0 Å². The molecule has 1 heterocycles. The van der Waals surface area contributed by atoms with E-state index in [-0.39, 0.29) is 11.9 Å². The number of carbonyl (C=O) groups is 1. The van der Waals surface area contributed by atoms with Crippen LogP contribution < -0.4 is 16.0 Å². The molecule has 4 heteroatoms. The number of nitrogens with one attached hydrogen (secondary N) is 3. The summed E-state index contributed by atoms with van der Waals surface area (Å²) in [5, 5.41) is 12.5. The molecule has 1 aliphatic heterocycles. The first-order valence-corrected chi connectivity index (χ1v) is 10.5. The molecule has 1 fully saturated rings. The Morgan fingerprint density at radius 1 is 1.14 bits per heavy atom. The molecule has 0 spiro atoms. The monoisotopic (exact) mass is 387 g/mol. The third-order valence-electron chi connectivity index (χ3n) is 5.88. The Kier molecular flexibility index (Phi) is 5.81. The maximum atomic E-state index is 13.0. The molecule has 1 saturated heterocycles. The lowest BCUT2D eigenvalue weighted by Crippen LogP contribution is -2.27. The second kappa shape index (κ2) is 8.66.